The zero-order valence-electron chi connectivity index (χ0n) is 30.4. The minimum absolute atomic E-state index is 0.0170. The molecule has 6 nitrogen and oxygen atoms in total. The monoisotopic (exact) mass is 651 g/mol. The number of esters is 1. The van der Waals surface area contributed by atoms with Crippen LogP contribution in [0.2, 0.25) is 0 Å². The summed E-state index contributed by atoms with van der Waals surface area (Å²) in [6.45, 7) is 20.1. The third-order valence-electron chi connectivity index (χ3n) is 15.7. The summed E-state index contributed by atoms with van der Waals surface area (Å²) in [5.41, 5.74) is 4.79. The lowest BCUT2D eigenvalue weighted by atomic mass is 9.32. The van der Waals surface area contributed by atoms with Gasteiger partial charge in [0.25, 0.3) is 0 Å². The van der Waals surface area contributed by atoms with Crippen LogP contribution in [0.3, 0.4) is 0 Å². The topological polar surface area (TPSA) is 84.1 Å². The largest absolute Gasteiger partial charge is 0.465 e. The third-order valence-corrected chi connectivity index (χ3v) is 15.7. The minimum atomic E-state index is -0.321. The van der Waals surface area contributed by atoms with E-state index in [-0.39, 0.29) is 39.0 Å². The van der Waals surface area contributed by atoms with Crippen LogP contribution in [0.25, 0.3) is 5.57 Å². The highest BCUT2D eigenvalue weighted by Crippen LogP contribution is 2.77. The number of ether oxygens (including phenoxy) is 1. The van der Waals surface area contributed by atoms with Gasteiger partial charge in [0.05, 0.1) is 24.6 Å². The van der Waals surface area contributed by atoms with Gasteiger partial charge in [-0.2, -0.15) is 0 Å². The lowest BCUT2D eigenvalue weighted by Gasteiger charge is -2.72. The van der Waals surface area contributed by atoms with Crippen LogP contribution in [0.5, 0.6) is 0 Å². The molecule has 4 fully saturated rings. The molecule has 0 radical (unpaired) electrons. The SMILES string of the molecule is C=C(C)[C@@H]1CC[C@]2(C(=O)NCc3ncc[nH]3)CC[C@]3(C)[C@H](CC[C@@H]4[C@@]5(C)CC=C(c6ccc(C(=O)OC)cc6)C(C)(C)[C@@H]5CC[C@]43C)[C@@H]12. The molecule has 2 aromatic rings. The summed E-state index contributed by atoms with van der Waals surface area (Å²) < 4.78 is 4.95. The van der Waals surface area contributed by atoms with Gasteiger partial charge < -0.3 is 15.0 Å². The molecule has 0 unspecified atom stereocenters. The fraction of sp³-hybridized carbons (Fsp3) is 0.643. The molecule has 6 heteroatoms. The predicted octanol–water partition coefficient (Wildman–Crippen LogP) is 9.16. The average Bonchev–Trinajstić information content (AvgIpc) is 3.72. The quantitative estimate of drug-likeness (QED) is 0.241. The molecule has 258 valence electrons. The van der Waals surface area contributed by atoms with Crippen LogP contribution in [0.1, 0.15) is 121 Å². The maximum Gasteiger partial charge on any atom is 0.337 e. The molecule has 1 amide bonds. The van der Waals surface area contributed by atoms with E-state index in [1.54, 1.807) is 6.20 Å². The maximum atomic E-state index is 14.3. The second-order valence-corrected chi connectivity index (χ2v) is 17.7. The van der Waals surface area contributed by atoms with Crippen LogP contribution in [-0.4, -0.2) is 29.0 Å². The molecule has 0 aliphatic heterocycles. The molecule has 0 spiro atoms. The predicted molar refractivity (Wildman–Crippen MR) is 191 cm³/mol. The number of hydrogen-bond acceptors (Lipinski definition) is 4. The van der Waals surface area contributed by atoms with E-state index in [0.29, 0.717) is 41.7 Å². The van der Waals surface area contributed by atoms with E-state index in [4.69, 9.17) is 4.74 Å². The fourth-order valence-corrected chi connectivity index (χ4v) is 13.3. The van der Waals surface area contributed by atoms with E-state index < -0.39 is 0 Å². The Bertz CT molecular complexity index is 1620. The van der Waals surface area contributed by atoms with Gasteiger partial charge in [-0.05, 0) is 139 Å². The molecule has 1 aromatic carbocycles. The van der Waals surface area contributed by atoms with E-state index in [0.717, 1.165) is 37.9 Å². The Hall–Kier alpha value is -3.15. The van der Waals surface area contributed by atoms with Crippen LogP contribution < -0.4 is 5.32 Å². The lowest BCUT2D eigenvalue weighted by molar-refractivity contribution is -0.225. The van der Waals surface area contributed by atoms with Crippen molar-refractivity contribution in [2.45, 2.75) is 106 Å². The molecule has 0 saturated heterocycles. The molecule has 0 bridgehead atoms. The number of aromatic amines is 1. The standard InChI is InChI=1S/C42H57N3O3/c1-26(2)29-15-20-42(37(47)45-25-34-43-23-24-44-34)22-21-40(6)31(35(29)42)13-14-33-39(5)18-16-30(27-9-11-28(12-10-27)36(46)48-8)38(3,4)32(39)17-19-41(33,40)7/h9-12,16,23-24,29,31-33,35H,1,13-15,17-22,25H2,2-8H3,(H,43,44)(H,45,47)/t29-,31+,32-,33+,35+,39-,40+,41+,42-/m0/s1. The van der Waals surface area contributed by atoms with Crippen molar-refractivity contribution >= 4 is 17.4 Å². The van der Waals surface area contributed by atoms with Crippen molar-refractivity contribution in [2.24, 2.45) is 56.7 Å². The number of allylic oxidation sites excluding steroid dienone is 3. The second kappa shape index (κ2) is 11.5. The molecule has 4 saturated carbocycles. The maximum absolute atomic E-state index is 14.3. The highest BCUT2D eigenvalue weighted by atomic mass is 16.5. The van der Waals surface area contributed by atoms with Crippen LogP contribution in [0.4, 0.5) is 0 Å². The fourth-order valence-electron chi connectivity index (χ4n) is 13.3. The summed E-state index contributed by atoms with van der Waals surface area (Å²) in [6, 6.07) is 8.04. The average molecular weight is 652 g/mol. The van der Waals surface area contributed by atoms with Gasteiger partial charge in [-0.3, -0.25) is 4.79 Å². The van der Waals surface area contributed by atoms with Crippen molar-refractivity contribution in [3.05, 3.63) is 71.8 Å². The van der Waals surface area contributed by atoms with Crippen molar-refractivity contribution in [1.29, 1.82) is 0 Å². The van der Waals surface area contributed by atoms with Gasteiger partial charge in [-0.15, -0.1) is 0 Å². The number of imidazole rings is 1. The Labute approximate surface area is 288 Å². The first-order valence-electron chi connectivity index (χ1n) is 18.5. The van der Waals surface area contributed by atoms with Gasteiger partial charge in [0, 0.05) is 12.4 Å². The molecular weight excluding hydrogens is 594 g/mol. The van der Waals surface area contributed by atoms with E-state index in [1.807, 2.05) is 18.3 Å². The number of carbonyl (C=O) groups excluding carboxylic acids is 2. The number of H-pyrrole nitrogens is 1. The summed E-state index contributed by atoms with van der Waals surface area (Å²) in [5.74, 6) is 3.24. The van der Waals surface area contributed by atoms with Crippen molar-refractivity contribution in [2.75, 3.05) is 7.11 Å². The molecule has 48 heavy (non-hydrogen) atoms. The third kappa shape index (κ3) is 4.59. The molecule has 7 rings (SSSR count). The molecule has 1 aromatic heterocycles. The van der Waals surface area contributed by atoms with Gasteiger partial charge >= 0.3 is 5.97 Å². The summed E-state index contributed by atoms with van der Waals surface area (Å²) in [4.78, 5) is 34.0. The zero-order chi connectivity index (χ0) is 34.3. The normalized spacial score (nSPS) is 39.6. The number of nitrogens with zero attached hydrogens (tertiary/aromatic N) is 1. The van der Waals surface area contributed by atoms with Gasteiger partial charge in [0.1, 0.15) is 5.82 Å². The first kappa shape index (κ1) is 33.4. The van der Waals surface area contributed by atoms with Gasteiger partial charge in [0.15, 0.2) is 0 Å². The van der Waals surface area contributed by atoms with Crippen LogP contribution in [0.15, 0.2) is 54.9 Å². The highest BCUT2D eigenvalue weighted by Gasteiger charge is 2.71. The number of fused-ring (bicyclic) bond motifs is 7. The van der Waals surface area contributed by atoms with E-state index in [2.05, 4.69) is 81.6 Å². The molecule has 5 aliphatic carbocycles. The number of rotatable bonds is 6. The van der Waals surface area contributed by atoms with E-state index >= 15 is 0 Å². The summed E-state index contributed by atoms with van der Waals surface area (Å²) >= 11 is 0. The molecule has 9 atom stereocenters. The van der Waals surface area contributed by atoms with Gasteiger partial charge in [0.2, 0.25) is 5.91 Å². The summed E-state index contributed by atoms with van der Waals surface area (Å²) in [7, 11) is 1.44. The number of amides is 1. The summed E-state index contributed by atoms with van der Waals surface area (Å²) in [6.07, 6.45) is 16.2. The van der Waals surface area contributed by atoms with E-state index in [9.17, 15) is 9.59 Å². The smallest absolute Gasteiger partial charge is 0.337 e. The van der Waals surface area contributed by atoms with Crippen molar-refractivity contribution in [1.82, 2.24) is 15.3 Å². The first-order valence-corrected chi connectivity index (χ1v) is 18.5. The highest BCUT2D eigenvalue weighted by molar-refractivity contribution is 5.90. The summed E-state index contributed by atoms with van der Waals surface area (Å²) in [5, 5.41) is 3.34. The van der Waals surface area contributed by atoms with Gasteiger partial charge in [-0.1, -0.05) is 65.0 Å². The Morgan fingerprint density at radius 3 is 2.38 bits per heavy atom. The van der Waals surface area contributed by atoms with Gasteiger partial charge in [-0.25, -0.2) is 9.78 Å². The second-order valence-electron chi connectivity index (χ2n) is 17.7. The first-order chi connectivity index (χ1) is 22.7. The van der Waals surface area contributed by atoms with Crippen LogP contribution in [-0.2, 0) is 16.1 Å². The number of hydrogen-bond donors (Lipinski definition) is 2. The Morgan fingerprint density at radius 2 is 1.71 bits per heavy atom. The molecule has 2 N–H and O–H groups in total. The number of aromatic nitrogens is 2. The Kier molecular flexibility index (Phi) is 7.96. The molecule has 5 aliphatic rings. The Balaban J connectivity index is 1.20. The molecule has 1 heterocycles. The lowest BCUT2D eigenvalue weighted by Crippen LogP contribution is -2.66. The Morgan fingerprint density at radius 1 is 0.958 bits per heavy atom. The number of benzene rings is 1. The van der Waals surface area contributed by atoms with E-state index in [1.165, 1.54) is 49.5 Å². The van der Waals surface area contributed by atoms with Crippen molar-refractivity contribution < 1.29 is 14.3 Å². The van der Waals surface area contributed by atoms with Crippen molar-refractivity contribution in [3.8, 4) is 0 Å². The number of nitrogens with one attached hydrogen (secondary N) is 2. The number of carbonyl (C=O) groups is 2. The zero-order valence-corrected chi connectivity index (χ0v) is 30.4. The molecular formula is C42H57N3O3. The minimum Gasteiger partial charge on any atom is -0.465 e. The van der Waals surface area contributed by atoms with Crippen LogP contribution in [0, 0.1) is 56.7 Å². The van der Waals surface area contributed by atoms with Crippen molar-refractivity contribution in [3.63, 3.8) is 0 Å². The van der Waals surface area contributed by atoms with Crippen LogP contribution >= 0.6 is 0 Å². The number of methoxy groups -OCH3 is 1.